The number of hydrogen-bond donors (Lipinski definition) is 0. The predicted octanol–water partition coefficient (Wildman–Crippen LogP) is 8.61. The van der Waals surface area contributed by atoms with Gasteiger partial charge in [0, 0.05) is 5.56 Å². The molecule has 1 aliphatic carbocycles. The van der Waals surface area contributed by atoms with Gasteiger partial charge < -0.3 is 4.74 Å². The van der Waals surface area contributed by atoms with E-state index in [4.69, 9.17) is 0 Å². The fourth-order valence-electron chi connectivity index (χ4n) is 4.26. The second-order valence-corrected chi connectivity index (χ2v) is 8.43. The molecule has 0 spiro atoms. The average Bonchev–Trinajstić information content (AvgIpc) is 2.78. The van der Waals surface area contributed by atoms with Crippen LogP contribution in [0.25, 0.3) is 22.8 Å². The van der Waals surface area contributed by atoms with Crippen molar-refractivity contribution in [3.8, 4) is 16.9 Å². The summed E-state index contributed by atoms with van der Waals surface area (Å²) < 4.78 is 55.9. The largest absolute Gasteiger partial charge is 0.573 e. The molecule has 0 heterocycles. The first-order chi connectivity index (χ1) is 15.8. The van der Waals surface area contributed by atoms with Crippen molar-refractivity contribution < 1.29 is 22.3 Å². The molecular formula is C28H26F4O. The number of unbranched alkanes of at least 4 members (excludes halogenated alkanes) is 2. The zero-order valence-electron chi connectivity index (χ0n) is 18.5. The van der Waals surface area contributed by atoms with Gasteiger partial charge in [-0.3, -0.25) is 0 Å². The Balaban J connectivity index is 1.53. The lowest BCUT2D eigenvalue weighted by atomic mass is 9.86. The Morgan fingerprint density at radius 2 is 1.55 bits per heavy atom. The molecular weight excluding hydrogens is 428 g/mol. The molecule has 4 rings (SSSR count). The summed E-state index contributed by atoms with van der Waals surface area (Å²) in [4.78, 5) is 0. The summed E-state index contributed by atoms with van der Waals surface area (Å²) in [6.45, 7) is 2.20. The van der Waals surface area contributed by atoms with Gasteiger partial charge >= 0.3 is 6.36 Å². The Kier molecular flexibility index (Phi) is 6.87. The second-order valence-electron chi connectivity index (χ2n) is 8.43. The molecule has 0 saturated heterocycles. The molecule has 0 aromatic heterocycles. The van der Waals surface area contributed by atoms with Gasteiger partial charge in [0.25, 0.3) is 0 Å². The number of alkyl halides is 3. The number of fused-ring (bicyclic) bond motifs is 1. The van der Waals surface area contributed by atoms with Crippen LogP contribution in [-0.2, 0) is 12.8 Å². The number of halogens is 4. The van der Waals surface area contributed by atoms with Crippen molar-refractivity contribution in [2.75, 3.05) is 0 Å². The number of allylic oxidation sites excluding steroid dienone is 1. The topological polar surface area (TPSA) is 9.23 Å². The minimum atomic E-state index is -4.75. The number of hydrogen-bond acceptors (Lipinski definition) is 1. The molecule has 172 valence electrons. The first kappa shape index (κ1) is 23.1. The molecule has 0 aliphatic heterocycles. The van der Waals surface area contributed by atoms with Crippen LogP contribution < -0.4 is 4.74 Å². The first-order valence-corrected chi connectivity index (χ1v) is 11.3. The van der Waals surface area contributed by atoms with E-state index in [1.165, 1.54) is 60.7 Å². The van der Waals surface area contributed by atoms with Gasteiger partial charge in [0.2, 0.25) is 0 Å². The monoisotopic (exact) mass is 454 g/mol. The molecule has 0 radical (unpaired) electrons. The third kappa shape index (κ3) is 5.84. The number of ether oxygens (including phenoxy) is 1. The quantitative estimate of drug-likeness (QED) is 0.256. The Hall–Kier alpha value is -3.08. The Labute approximate surface area is 191 Å². The number of aryl methyl sites for hydroxylation is 2. The minimum Gasteiger partial charge on any atom is -0.406 e. The maximum atomic E-state index is 14.9. The summed E-state index contributed by atoms with van der Waals surface area (Å²) in [5.74, 6) is -0.726. The van der Waals surface area contributed by atoms with Gasteiger partial charge in [0.15, 0.2) is 0 Å². The molecule has 0 fully saturated rings. The zero-order valence-corrected chi connectivity index (χ0v) is 18.5. The van der Waals surface area contributed by atoms with Gasteiger partial charge in [-0.25, -0.2) is 4.39 Å². The van der Waals surface area contributed by atoms with Crippen molar-refractivity contribution in [1.29, 1.82) is 0 Å². The van der Waals surface area contributed by atoms with Crippen LogP contribution >= 0.6 is 0 Å². The van der Waals surface area contributed by atoms with Crippen molar-refractivity contribution in [3.05, 3.63) is 88.7 Å². The SMILES string of the molecule is CCCCCc1ccc(C2=Cc3cc(F)c(-c4ccc(OC(F)(F)F)cc4)cc3CC2)cc1. The zero-order chi connectivity index (χ0) is 23.4. The molecule has 0 amide bonds. The van der Waals surface area contributed by atoms with Crippen LogP contribution in [0.15, 0.2) is 60.7 Å². The van der Waals surface area contributed by atoms with E-state index in [9.17, 15) is 17.6 Å². The van der Waals surface area contributed by atoms with Crippen molar-refractivity contribution in [3.63, 3.8) is 0 Å². The van der Waals surface area contributed by atoms with Gasteiger partial charge in [0.05, 0.1) is 0 Å². The van der Waals surface area contributed by atoms with Crippen molar-refractivity contribution >= 4 is 11.6 Å². The molecule has 3 aromatic carbocycles. The van der Waals surface area contributed by atoms with Crippen LogP contribution in [0.5, 0.6) is 5.75 Å². The van der Waals surface area contributed by atoms with Crippen molar-refractivity contribution in [2.45, 2.75) is 51.8 Å². The van der Waals surface area contributed by atoms with E-state index >= 15 is 0 Å². The Morgan fingerprint density at radius 1 is 0.848 bits per heavy atom. The lowest BCUT2D eigenvalue weighted by molar-refractivity contribution is -0.274. The van der Waals surface area contributed by atoms with Crippen LogP contribution in [-0.4, -0.2) is 6.36 Å². The summed E-state index contributed by atoms with van der Waals surface area (Å²) in [5, 5.41) is 0. The highest BCUT2D eigenvalue weighted by Gasteiger charge is 2.31. The normalized spacial score (nSPS) is 13.4. The summed E-state index contributed by atoms with van der Waals surface area (Å²) in [6.07, 6.45) is 3.66. The van der Waals surface area contributed by atoms with Gasteiger partial charge in [-0.1, -0.05) is 62.2 Å². The van der Waals surface area contributed by atoms with Crippen LogP contribution in [0.4, 0.5) is 17.6 Å². The van der Waals surface area contributed by atoms with Crippen molar-refractivity contribution in [2.24, 2.45) is 0 Å². The lowest BCUT2D eigenvalue weighted by Crippen LogP contribution is -2.16. The van der Waals surface area contributed by atoms with Gasteiger partial charge in [0.1, 0.15) is 11.6 Å². The molecule has 1 aliphatic rings. The number of benzene rings is 3. The molecule has 0 bridgehead atoms. The minimum absolute atomic E-state index is 0.325. The van der Waals surface area contributed by atoms with Crippen LogP contribution in [0, 0.1) is 5.82 Å². The van der Waals surface area contributed by atoms with Crippen LogP contribution in [0.1, 0.15) is 54.9 Å². The maximum Gasteiger partial charge on any atom is 0.573 e. The standard InChI is InChI=1S/C28H26F4O/c1-2-3-4-5-19-6-8-20(9-7-19)22-10-11-23-17-26(27(29)18-24(23)16-22)21-12-14-25(15-13-21)33-28(30,31)32/h6-9,12-18H,2-5,10-11H2,1H3. The highest BCUT2D eigenvalue weighted by atomic mass is 19.4. The molecule has 3 aromatic rings. The third-order valence-electron chi connectivity index (χ3n) is 6.01. The second kappa shape index (κ2) is 9.82. The van der Waals surface area contributed by atoms with Gasteiger partial charge in [-0.15, -0.1) is 13.2 Å². The molecule has 0 saturated carbocycles. The van der Waals surface area contributed by atoms with E-state index in [1.54, 1.807) is 6.07 Å². The van der Waals surface area contributed by atoms with E-state index in [1.807, 2.05) is 6.08 Å². The number of rotatable bonds is 7. The lowest BCUT2D eigenvalue weighted by Gasteiger charge is -2.19. The van der Waals surface area contributed by atoms with Crippen molar-refractivity contribution in [1.82, 2.24) is 0 Å². The molecule has 0 atom stereocenters. The fraction of sp³-hybridized carbons (Fsp3) is 0.286. The summed E-state index contributed by atoms with van der Waals surface area (Å²) in [6, 6.07) is 17.3. The maximum absolute atomic E-state index is 14.9. The average molecular weight is 455 g/mol. The summed E-state index contributed by atoms with van der Waals surface area (Å²) in [5.41, 5.74) is 6.45. The Bertz CT molecular complexity index is 1130. The van der Waals surface area contributed by atoms with E-state index in [0.29, 0.717) is 11.1 Å². The van der Waals surface area contributed by atoms with E-state index < -0.39 is 12.2 Å². The molecule has 1 nitrogen and oxygen atoms in total. The van der Waals surface area contributed by atoms with Gasteiger partial charge in [-0.2, -0.15) is 0 Å². The Morgan fingerprint density at radius 3 is 2.21 bits per heavy atom. The van der Waals surface area contributed by atoms with Crippen LogP contribution in [0.3, 0.4) is 0 Å². The summed E-state index contributed by atoms with van der Waals surface area (Å²) >= 11 is 0. The smallest absolute Gasteiger partial charge is 0.406 e. The first-order valence-electron chi connectivity index (χ1n) is 11.3. The molecule has 33 heavy (non-hydrogen) atoms. The van der Waals surface area contributed by atoms with E-state index in [0.717, 1.165) is 36.0 Å². The highest BCUT2D eigenvalue weighted by Crippen LogP contribution is 2.35. The molecule has 0 unspecified atom stereocenters. The van der Waals surface area contributed by atoms with E-state index in [2.05, 4.69) is 35.9 Å². The fourth-order valence-corrected chi connectivity index (χ4v) is 4.26. The molecule has 0 N–H and O–H groups in total. The predicted molar refractivity (Wildman–Crippen MR) is 124 cm³/mol. The summed E-state index contributed by atoms with van der Waals surface area (Å²) in [7, 11) is 0. The van der Waals surface area contributed by atoms with Crippen LogP contribution in [0.2, 0.25) is 0 Å². The highest BCUT2D eigenvalue weighted by molar-refractivity contribution is 5.85. The third-order valence-corrected chi connectivity index (χ3v) is 6.01. The van der Waals surface area contributed by atoms with Gasteiger partial charge in [-0.05, 0) is 83.3 Å². The molecule has 5 heteroatoms. The van der Waals surface area contributed by atoms with E-state index in [-0.39, 0.29) is 5.75 Å².